The molecule has 14 heavy (non-hydrogen) atoms. The summed E-state index contributed by atoms with van der Waals surface area (Å²) in [5, 5.41) is 3.02. The van der Waals surface area contributed by atoms with E-state index in [0.717, 1.165) is 0 Å². The fourth-order valence-electron chi connectivity index (χ4n) is 2.66. The number of halogens is 2. The van der Waals surface area contributed by atoms with Crippen LogP contribution in [-0.4, -0.2) is 31.6 Å². The largest absolute Gasteiger partial charge is 0.468 e. The topological polar surface area (TPSA) is 38.3 Å². The lowest BCUT2D eigenvalue weighted by Crippen LogP contribution is -2.46. The van der Waals surface area contributed by atoms with Crippen LogP contribution in [0, 0.1) is 11.8 Å². The first-order valence-corrected chi connectivity index (χ1v) is 4.75. The number of fused-ring (bicyclic) bond motifs is 2. The molecule has 0 aromatic heterocycles. The summed E-state index contributed by atoms with van der Waals surface area (Å²) < 4.78 is 29.7. The molecule has 1 aliphatic carbocycles. The van der Waals surface area contributed by atoms with Crippen LogP contribution in [-0.2, 0) is 9.53 Å². The van der Waals surface area contributed by atoms with Crippen molar-refractivity contribution in [2.24, 2.45) is 11.8 Å². The Morgan fingerprint density at radius 3 is 2.71 bits per heavy atom. The van der Waals surface area contributed by atoms with Gasteiger partial charge in [-0.2, -0.15) is 0 Å². The van der Waals surface area contributed by atoms with E-state index in [1.54, 1.807) is 0 Å². The second-order valence-electron chi connectivity index (χ2n) is 4.00. The molecule has 1 aliphatic heterocycles. The number of piperidine rings is 1. The van der Waals surface area contributed by atoms with Gasteiger partial charge in [-0.3, -0.25) is 4.79 Å². The molecule has 1 saturated heterocycles. The van der Waals surface area contributed by atoms with Crippen LogP contribution in [0.2, 0.25) is 0 Å². The first kappa shape index (κ1) is 9.83. The summed E-state index contributed by atoms with van der Waals surface area (Å²) in [7, 11) is 1.29. The summed E-state index contributed by atoms with van der Waals surface area (Å²) in [6.45, 7) is 0. The fourth-order valence-corrected chi connectivity index (χ4v) is 2.66. The van der Waals surface area contributed by atoms with Crippen molar-refractivity contribution in [3.8, 4) is 0 Å². The number of hydrogen-bond donors (Lipinski definition) is 1. The number of ether oxygens (including phenoxy) is 1. The molecule has 80 valence electrons. The van der Waals surface area contributed by atoms with Gasteiger partial charge in [0.1, 0.15) is 6.04 Å². The number of rotatable bonds is 2. The average Bonchev–Trinajstić information content (AvgIpc) is 2.74. The quantitative estimate of drug-likeness (QED) is 0.677. The van der Waals surface area contributed by atoms with Crippen LogP contribution in [0.25, 0.3) is 0 Å². The van der Waals surface area contributed by atoms with Gasteiger partial charge in [-0.15, -0.1) is 0 Å². The second kappa shape index (κ2) is 3.46. The molecule has 0 aromatic rings. The highest BCUT2D eigenvalue weighted by Gasteiger charge is 2.52. The SMILES string of the molecule is COC(=O)[C@@H]1N[C@@H]2C[C@H]1[C@@H](C(F)F)C2. The Hall–Kier alpha value is -0.710. The average molecular weight is 205 g/mol. The van der Waals surface area contributed by atoms with E-state index in [1.807, 2.05) is 0 Å². The van der Waals surface area contributed by atoms with Crippen LogP contribution in [0.4, 0.5) is 8.78 Å². The van der Waals surface area contributed by atoms with Gasteiger partial charge in [0.2, 0.25) is 6.43 Å². The Kier molecular flexibility index (Phi) is 2.43. The lowest BCUT2D eigenvalue weighted by Gasteiger charge is -2.27. The summed E-state index contributed by atoms with van der Waals surface area (Å²) in [5.41, 5.74) is 0. The van der Waals surface area contributed by atoms with Gasteiger partial charge in [0.25, 0.3) is 0 Å². The first-order valence-electron chi connectivity index (χ1n) is 4.75. The highest BCUT2D eigenvalue weighted by Crippen LogP contribution is 2.43. The Labute approximate surface area is 80.8 Å². The van der Waals surface area contributed by atoms with Crippen LogP contribution >= 0.6 is 0 Å². The third-order valence-corrected chi connectivity index (χ3v) is 3.29. The molecule has 4 atom stereocenters. The van der Waals surface area contributed by atoms with Crippen molar-refractivity contribution in [1.82, 2.24) is 5.32 Å². The zero-order valence-corrected chi connectivity index (χ0v) is 7.87. The van der Waals surface area contributed by atoms with E-state index in [0.29, 0.717) is 12.8 Å². The van der Waals surface area contributed by atoms with Gasteiger partial charge in [-0.1, -0.05) is 0 Å². The Bertz CT molecular complexity index is 247. The van der Waals surface area contributed by atoms with Crippen molar-refractivity contribution in [2.45, 2.75) is 31.4 Å². The van der Waals surface area contributed by atoms with Crippen LogP contribution in [0.15, 0.2) is 0 Å². The van der Waals surface area contributed by atoms with Crippen LogP contribution in [0.1, 0.15) is 12.8 Å². The molecule has 0 aromatic carbocycles. The minimum atomic E-state index is -2.32. The molecule has 5 heteroatoms. The molecule has 2 fully saturated rings. The van der Waals surface area contributed by atoms with Crippen molar-refractivity contribution in [1.29, 1.82) is 0 Å². The van der Waals surface area contributed by atoms with E-state index in [2.05, 4.69) is 10.1 Å². The Balaban J connectivity index is 2.07. The first-order chi connectivity index (χ1) is 6.63. The smallest absolute Gasteiger partial charge is 0.323 e. The molecule has 1 heterocycles. The van der Waals surface area contributed by atoms with Crippen molar-refractivity contribution in [3.63, 3.8) is 0 Å². The minimum absolute atomic E-state index is 0.0723. The minimum Gasteiger partial charge on any atom is -0.468 e. The van der Waals surface area contributed by atoms with Crippen LogP contribution in [0.5, 0.6) is 0 Å². The summed E-state index contributed by atoms with van der Waals surface area (Å²) in [6, 6.07) is -0.444. The maximum atomic E-state index is 12.6. The van der Waals surface area contributed by atoms with Gasteiger partial charge in [-0.05, 0) is 18.8 Å². The molecule has 0 amide bonds. The Morgan fingerprint density at radius 1 is 1.50 bits per heavy atom. The predicted octanol–water partition coefficient (Wildman–Crippen LogP) is 0.791. The van der Waals surface area contributed by atoms with E-state index in [4.69, 9.17) is 0 Å². The van der Waals surface area contributed by atoms with E-state index < -0.39 is 24.4 Å². The van der Waals surface area contributed by atoms with Gasteiger partial charge >= 0.3 is 5.97 Å². The summed E-state index contributed by atoms with van der Waals surface area (Å²) >= 11 is 0. The van der Waals surface area contributed by atoms with Gasteiger partial charge in [0, 0.05) is 12.0 Å². The van der Waals surface area contributed by atoms with Crippen molar-refractivity contribution in [2.75, 3.05) is 7.11 Å². The molecule has 2 aliphatic rings. The molecule has 0 unspecified atom stereocenters. The summed E-state index contributed by atoms with van der Waals surface area (Å²) in [5.74, 6) is -1.29. The van der Waals surface area contributed by atoms with Gasteiger partial charge in [0.05, 0.1) is 7.11 Å². The van der Waals surface area contributed by atoms with Crippen LogP contribution < -0.4 is 5.32 Å². The van der Waals surface area contributed by atoms with Gasteiger partial charge in [0.15, 0.2) is 0 Å². The predicted molar refractivity (Wildman–Crippen MR) is 44.9 cm³/mol. The normalized spacial score (nSPS) is 40.6. The molecule has 0 spiro atoms. The number of carbonyl (C=O) groups excluding carboxylic acids is 1. The molecule has 1 N–H and O–H groups in total. The summed E-state index contributed by atoms with van der Waals surface area (Å²) in [6.07, 6.45) is -1.16. The van der Waals surface area contributed by atoms with Gasteiger partial charge in [-0.25, -0.2) is 8.78 Å². The number of methoxy groups -OCH3 is 1. The van der Waals surface area contributed by atoms with Gasteiger partial charge < -0.3 is 10.1 Å². The fraction of sp³-hybridized carbons (Fsp3) is 0.889. The number of carbonyl (C=O) groups is 1. The lowest BCUT2D eigenvalue weighted by atomic mass is 9.89. The molecular formula is C9H13F2NO2. The zero-order valence-electron chi connectivity index (χ0n) is 7.87. The molecule has 0 radical (unpaired) electrons. The zero-order chi connectivity index (χ0) is 10.3. The molecule has 2 rings (SSSR count). The number of alkyl halides is 2. The van der Waals surface area contributed by atoms with E-state index in [-0.39, 0.29) is 12.0 Å². The maximum absolute atomic E-state index is 12.6. The summed E-state index contributed by atoms with van der Waals surface area (Å²) in [4.78, 5) is 11.2. The van der Waals surface area contributed by atoms with Crippen molar-refractivity contribution >= 4 is 5.97 Å². The second-order valence-corrected chi connectivity index (χ2v) is 4.00. The Morgan fingerprint density at radius 2 is 2.21 bits per heavy atom. The standard InChI is InChI=1S/C9H13F2NO2/c1-14-9(13)7-5-2-4(12-7)3-6(5)8(10)11/h4-8,12H,2-3H2,1H3/t4-,5+,6+,7-/m1/s1. The number of nitrogens with one attached hydrogen (secondary N) is 1. The number of esters is 1. The third kappa shape index (κ3) is 1.39. The molecule has 1 saturated carbocycles. The highest BCUT2D eigenvalue weighted by molar-refractivity contribution is 5.76. The van der Waals surface area contributed by atoms with E-state index in [9.17, 15) is 13.6 Å². The maximum Gasteiger partial charge on any atom is 0.323 e. The molecule has 2 bridgehead atoms. The number of hydrogen-bond acceptors (Lipinski definition) is 3. The van der Waals surface area contributed by atoms with Crippen molar-refractivity contribution in [3.05, 3.63) is 0 Å². The van der Waals surface area contributed by atoms with Crippen molar-refractivity contribution < 1.29 is 18.3 Å². The molecular weight excluding hydrogens is 192 g/mol. The van der Waals surface area contributed by atoms with E-state index in [1.165, 1.54) is 7.11 Å². The lowest BCUT2D eigenvalue weighted by molar-refractivity contribution is -0.145. The third-order valence-electron chi connectivity index (χ3n) is 3.29. The highest BCUT2D eigenvalue weighted by atomic mass is 19.3. The monoisotopic (exact) mass is 205 g/mol. The molecule has 3 nitrogen and oxygen atoms in total. The van der Waals surface area contributed by atoms with Crippen LogP contribution in [0.3, 0.4) is 0 Å². The van der Waals surface area contributed by atoms with E-state index >= 15 is 0 Å².